The molecule has 178 valence electrons. The second-order valence-electron chi connectivity index (χ2n) is 8.14. The average Bonchev–Trinajstić information content (AvgIpc) is 2.80. The zero-order valence-electron chi connectivity index (χ0n) is 20.0. The van der Waals surface area contributed by atoms with Gasteiger partial charge in [-0.3, -0.25) is 0 Å². The molecule has 5 heteroatoms. The molecule has 5 nitrogen and oxygen atoms in total. The van der Waals surface area contributed by atoms with Crippen LogP contribution in [0.1, 0.15) is 30.9 Å². The zero-order chi connectivity index (χ0) is 24.1. The van der Waals surface area contributed by atoms with Crippen molar-refractivity contribution in [1.29, 1.82) is 0 Å². The van der Waals surface area contributed by atoms with Crippen molar-refractivity contribution in [1.82, 2.24) is 0 Å². The van der Waals surface area contributed by atoms with Gasteiger partial charge in [0.05, 0.1) is 46.2 Å². The fourth-order valence-electron chi connectivity index (χ4n) is 3.53. The molecule has 0 unspecified atom stereocenters. The average molecular weight is 453 g/mol. The van der Waals surface area contributed by atoms with Crippen LogP contribution in [-0.4, -0.2) is 38.1 Å². The van der Waals surface area contributed by atoms with Crippen LogP contribution in [0, 0.1) is 0 Å². The normalized spacial score (nSPS) is 11.5. The molecule has 1 N–H and O–H groups in total. The predicted molar refractivity (Wildman–Crippen MR) is 133 cm³/mol. The molecule has 0 aliphatic carbocycles. The maximum Gasteiger partial charge on any atom is 0.118 e. The molecule has 0 aliphatic heterocycles. The van der Waals surface area contributed by atoms with E-state index >= 15 is 0 Å². The van der Waals surface area contributed by atoms with Crippen LogP contribution in [-0.2, 0) is 22.7 Å². The van der Waals surface area contributed by atoms with Crippen LogP contribution in [0.2, 0.25) is 0 Å². The maximum atomic E-state index is 11.2. The number of ether oxygens (including phenoxy) is 4. The van der Waals surface area contributed by atoms with E-state index in [1.54, 1.807) is 20.3 Å². The lowest BCUT2D eigenvalue weighted by Crippen LogP contribution is -2.28. The summed E-state index contributed by atoms with van der Waals surface area (Å²) in [6.07, 6.45) is 4.40. The van der Waals surface area contributed by atoms with Gasteiger partial charge in [0.15, 0.2) is 0 Å². The number of aliphatic hydroxyl groups is 1. The highest BCUT2D eigenvalue weighted by Crippen LogP contribution is 2.26. The van der Waals surface area contributed by atoms with Gasteiger partial charge in [-0.25, -0.2) is 0 Å². The van der Waals surface area contributed by atoms with Gasteiger partial charge < -0.3 is 24.1 Å². The lowest BCUT2D eigenvalue weighted by atomic mass is 9.88. The van der Waals surface area contributed by atoms with E-state index in [1.165, 1.54) is 0 Å². The Kier molecular flexibility index (Phi) is 10.9. The van der Waals surface area contributed by atoms with Gasteiger partial charge in [-0.15, -0.1) is 0 Å². The van der Waals surface area contributed by atoms with Crippen LogP contribution in [0.5, 0.6) is 11.5 Å². The molecule has 2 rings (SSSR count). The quantitative estimate of drug-likeness (QED) is 0.355. The Labute approximate surface area is 198 Å². The van der Waals surface area contributed by atoms with E-state index in [-0.39, 0.29) is 0 Å². The molecule has 0 aromatic heterocycles. The molecule has 0 heterocycles. The second-order valence-corrected chi connectivity index (χ2v) is 8.14. The number of allylic oxidation sites excluding steroid dienone is 1. The molecular formula is C28H36O5. The van der Waals surface area contributed by atoms with Crippen molar-refractivity contribution in [2.75, 3.05) is 27.4 Å². The summed E-state index contributed by atoms with van der Waals surface area (Å²) in [5, 5.41) is 11.2. The number of hydrogen-bond donors (Lipinski definition) is 1. The van der Waals surface area contributed by atoms with Crippen LogP contribution in [0.25, 0.3) is 0 Å². The minimum absolute atomic E-state index is 0.367. The molecule has 0 amide bonds. The molecule has 33 heavy (non-hydrogen) atoms. The van der Waals surface area contributed by atoms with E-state index in [9.17, 15) is 5.11 Å². The fraction of sp³-hybridized carbons (Fsp3) is 0.357. The van der Waals surface area contributed by atoms with Gasteiger partial charge in [-0.05, 0) is 53.5 Å². The van der Waals surface area contributed by atoms with Gasteiger partial charge >= 0.3 is 0 Å². The molecule has 0 radical (unpaired) electrons. The zero-order valence-corrected chi connectivity index (χ0v) is 20.0. The van der Waals surface area contributed by atoms with Crippen LogP contribution < -0.4 is 9.47 Å². The summed E-state index contributed by atoms with van der Waals surface area (Å²) in [5.41, 5.74) is 2.66. The summed E-state index contributed by atoms with van der Waals surface area (Å²) >= 11 is 0. The Morgan fingerprint density at radius 3 is 1.52 bits per heavy atom. The van der Waals surface area contributed by atoms with Gasteiger partial charge in [0.2, 0.25) is 0 Å². The Hall–Kier alpha value is -2.86. The highest BCUT2D eigenvalue weighted by molar-refractivity contribution is 5.27. The minimum Gasteiger partial charge on any atom is -0.497 e. The highest BCUT2D eigenvalue weighted by atomic mass is 16.5. The maximum absolute atomic E-state index is 11.2. The summed E-state index contributed by atoms with van der Waals surface area (Å²) in [4.78, 5) is 0. The largest absolute Gasteiger partial charge is 0.497 e. The first kappa shape index (κ1) is 26.4. The smallest absolute Gasteiger partial charge is 0.118 e. The SMILES string of the molecule is C=C(COCc1ccc(OC)cc1)CC(O)(/C=C/C)CC(=C)COCc1ccc(OC)cc1. The summed E-state index contributed by atoms with van der Waals surface area (Å²) < 4.78 is 21.9. The molecule has 0 fully saturated rings. The van der Waals surface area contributed by atoms with Crippen molar-refractivity contribution < 1.29 is 24.1 Å². The molecule has 0 saturated carbocycles. The monoisotopic (exact) mass is 452 g/mol. The summed E-state index contributed by atoms with van der Waals surface area (Å²) in [6, 6.07) is 15.5. The van der Waals surface area contributed by atoms with Crippen LogP contribution in [0.15, 0.2) is 85.0 Å². The van der Waals surface area contributed by atoms with E-state index in [0.717, 1.165) is 33.8 Å². The van der Waals surface area contributed by atoms with Crippen LogP contribution >= 0.6 is 0 Å². The van der Waals surface area contributed by atoms with Crippen molar-refractivity contribution in [3.8, 4) is 11.5 Å². The van der Waals surface area contributed by atoms with E-state index < -0.39 is 5.60 Å². The van der Waals surface area contributed by atoms with Crippen molar-refractivity contribution in [2.45, 2.75) is 38.6 Å². The third-order valence-electron chi connectivity index (χ3n) is 5.06. The van der Waals surface area contributed by atoms with Gasteiger partial charge in [0, 0.05) is 12.8 Å². The molecule has 0 aliphatic rings. The molecule has 0 atom stereocenters. The molecule has 2 aromatic rings. The van der Waals surface area contributed by atoms with Gasteiger partial charge in [-0.2, -0.15) is 0 Å². The van der Waals surface area contributed by atoms with Gasteiger partial charge in [0.25, 0.3) is 0 Å². The molecule has 2 aromatic carbocycles. The third kappa shape index (κ3) is 9.66. The Balaban J connectivity index is 1.77. The molecule has 0 bridgehead atoms. The van der Waals surface area contributed by atoms with Gasteiger partial charge in [-0.1, -0.05) is 49.6 Å². The Morgan fingerprint density at radius 1 is 0.788 bits per heavy atom. The Morgan fingerprint density at radius 2 is 1.18 bits per heavy atom. The number of benzene rings is 2. The van der Waals surface area contributed by atoms with E-state index in [4.69, 9.17) is 18.9 Å². The van der Waals surface area contributed by atoms with Crippen LogP contribution in [0.3, 0.4) is 0 Å². The first-order valence-electron chi connectivity index (χ1n) is 11.0. The van der Waals surface area contributed by atoms with Gasteiger partial charge in [0.1, 0.15) is 11.5 Å². The topological polar surface area (TPSA) is 57.2 Å². The fourth-order valence-corrected chi connectivity index (χ4v) is 3.53. The first-order chi connectivity index (χ1) is 15.9. The van der Waals surface area contributed by atoms with E-state index in [0.29, 0.717) is 39.3 Å². The van der Waals surface area contributed by atoms with Crippen molar-refractivity contribution in [2.24, 2.45) is 0 Å². The van der Waals surface area contributed by atoms with Crippen molar-refractivity contribution in [3.63, 3.8) is 0 Å². The lowest BCUT2D eigenvalue weighted by molar-refractivity contribution is 0.0718. The summed E-state index contributed by atoms with van der Waals surface area (Å²) in [5.74, 6) is 1.63. The summed E-state index contributed by atoms with van der Waals surface area (Å²) in [6.45, 7) is 11.7. The van der Waals surface area contributed by atoms with Crippen LogP contribution in [0.4, 0.5) is 0 Å². The number of methoxy groups -OCH3 is 2. The summed E-state index contributed by atoms with van der Waals surface area (Å²) in [7, 11) is 3.28. The molecule has 0 saturated heterocycles. The lowest BCUT2D eigenvalue weighted by Gasteiger charge is -2.27. The minimum atomic E-state index is -1.07. The number of rotatable bonds is 15. The predicted octanol–water partition coefficient (Wildman–Crippen LogP) is 5.64. The van der Waals surface area contributed by atoms with Crippen molar-refractivity contribution in [3.05, 3.63) is 96.1 Å². The third-order valence-corrected chi connectivity index (χ3v) is 5.06. The molecular weight excluding hydrogens is 416 g/mol. The highest BCUT2D eigenvalue weighted by Gasteiger charge is 2.25. The molecule has 0 spiro atoms. The van der Waals surface area contributed by atoms with E-state index in [1.807, 2.05) is 61.5 Å². The van der Waals surface area contributed by atoms with Crippen molar-refractivity contribution >= 4 is 0 Å². The second kappa shape index (κ2) is 13.6. The first-order valence-corrected chi connectivity index (χ1v) is 11.0. The Bertz CT molecular complexity index is 829. The van der Waals surface area contributed by atoms with E-state index in [2.05, 4.69) is 13.2 Å². The number of hydrogen-bond acceptors (Lipinski definition) is 5. The standard InChI is InChI=1S/C28H36O5/c1-6-15-28(29,16-22(2)18-32-20-24-7-11-26(30-4)12-8-24)17-23(3)19-33-21-25-9-13-27(31-5)14-10-25/h6-15,29H,2-3,16-21H2,1,4-5H3/b15-6+.